The van der Waals surface area contributed by atoms with E-state index >= 15 is 0 Å². The predicted octanol–water partition coefficient (Wildman–Crippen LogP) is 2.09. The lowest BCUT2D eigenvalue weighted by Gasteiger charge is -2.13. The van der Waals surface area contributed by atoms with Crippen LogP contribution in [-0.2, 0) is 24.2 Å². The van der Waals surface area contributed by atoms with E-state index in [0.717, 1.165) is 30.5 Å². The number of hydrogen-bond acceptors (Lipinski definition) is 8. The third-order valence-electron chi connectivity index (χ3n) is 4.43. The Hall–Kier alpha value is -3.97. The van der Waals surface area contributed by atoms with Crippen molar-refractivity contribution in [3.8, 4) is 5.69 Å². The fourth-order valence-corrected chi connectivity index (χ4v) is 4.14. The van der Waals surface area contributed by atoms with Crippen LogP contribution in [0.5, 0.6) is 0 Å². The van der Waals surface area contributed by atoms with Crippen LogP contribution in [-0.4, -0.2) is 47.3 Å². The summed E-state index contributed by atoms with van der Waals surface area (Å²) in [7, 11) is -2.99. The van der Waals surface area contributed by atoms with Crippen LogP contribution >= 0.6 is 0 Å². The highest BCUT2D eigenvalue weighted by Crippen LogP contribution is 2.28. The van der Waals surface area contributed by atoms with Crippen LogP contribution in [0.15, 0.2) is 64.7 Å². The molecule has 0 fully saturated rings. The molecule has 0 aliphatic carbocycles. The van der Waals surface area contributed by atoms with E-state index in [2.05, 4.69) is 15.4 Å². The van der Waals surface area contributed by atoms with Crippen LogP contribution in [0.25, 0.3) is 5.69 Å². The Bertz CT molecular complexity index is 1370. The number of ether oxygens (including phenoxy) is 1. The van der Waals surface area contributed by atoms with E-state index < -0.39 is 50.4 Å². The molecule has 1 atom stereocenters. The van der Waals surface area contributed by atoms with Gasteiger partial charge in [-0.15, -0.1) is 0 Å². The molecule has 0 radical (unpaired) electrons. The minimum Gasteiger partial charge on any atom is -0.478 e. The van der Waals surface area contributed by atoms with Gasteiger partial charge in [-0.25, -0.2) is 31.5 Å². The number of carbonyl (C=O) groups is 2. The maximum absolute atomic E-state index is 14.6. The Morgan fingerprint density at radius 2 is 1.91 bits per heavy atom. The first kappa shape index (κ1) is 24.7. The summed E-state index contributed by atoms with van der Waals surface area (Å²) < 4.78 is 60.9. The molecule has 1 aromatic carbocycles. The van der Waals surface area contributed by atoms with E-state index in [4.69, 9.17) is 9.84 Å². The lowest BCUT2D eigenvalue weighted by Crippen LogP contribution is -2.23. The van der Waals surface area contributed by atoms with Gasteiger partial charge in [0.15, 0.2) is 11.3 Å². The average molecular weight is 492 g/mol. The van der Waals surface area contributed by atoms with Gasteiger partial charge >= 0.3 is 11.9 Å². The van der Waals surface area contributed by atoms with Crippen molar-refractivity contribution in [3.05, 3.63) is 77.8 Å². The molecule has 1 unspecified atom stereocenters. The molecule has 178 valence electrons. The number of sulfone groups is 1. The Labute approximate surface area is 192 Å². The number of carboxylic acids is 1. The molecule has 2 aromatic heterocycles. The number of benzene rings is 1. The van der Waals surface area contributed by atoms with Crippen molar-refractivity contribution in [2.75, 3.05) is 7.05 Å². The monoisotopic (exact) mass is 492 g/mol. The molecule has 0 bridgehead atoms. The molecule has 0 saturated carbocycles. The van der Waals surface area contributed by atoms with Crippen molar-refractivity contribution in [2.45, 2.75) is 23.1 Å². The van der Waals surface area contributed by atoms with Crippen molar-refractivity contribution < 1.29 is 36.6 Å². The number of esters is 1. The highest BCUT2D eigenvalue weighted by Gasteiger charge is 2.29. The molecule has 0 saturated heterocycles. The van der Waals surface area contributed by atoms with Gasteiger partial charge in [0.05, 0.1) is 4.90 Å². The molecule has 2 N–H and O–H groups in total. The van der Waals surface area contributed by atoms with Crippen molar-refractivity contribution in [2.24, 2.45) is 0 Å². The van der Waals surface area contributed by atoms with Gasteiger partial charge in [-0.3, -0.25) is 10.3 Å². The summed E-state index contributed by atoms with van der Waals surface area (Å²) in [6, 6.07) is 6.20. The zero-order chi connectivity index (χ0) is 25.0. The quantitative estimate of drug-likeness (QED) is 0.275. The highest BCUT2D eigenvalue weighted by molar-refractivity contribution is 7.91. The number of aliphatic carboxylic acids is 1. The Kier molecular flexibility index (Phi) is 7.17. The molecule has 0 aliphatic rings. The summed E-state index contributed by atoms with van der Waals surface area (Å²) >= 11 is 0. The van der Waals surface area contributed by atoms with Gasteiger partial charge in [-0.05, 0) is 38.2 Å². The van der Waals surface area contributed by atoms with E-state index in [9.17, 15) is 26.8 Å². The van der Waals surface area contributed by atoms with E-state index in [1.54, 1.807) is 6.92 Å². The van der Waals surface area contributed by atoms with E-state index in [0.29, 0.717) is 22.5 Å². The van der Waals surface area contributed by atoms with Crippen LogP contribution in [0.4, 0.5) is 8.78 Å². The summed E-state index contributed by atoms with van der Waals surface area (Å²) in [5.41, 5.74) is -0.125. The first-order chi connectivity index (χ1) is 16.0. The topological polar surface area (TPSA) is 140 Å². The number of nitrogens with one attached hydrogen (secondary N) is 1. The molecule has 2 heterocycles. The van der Waals surface area contributed by atoms with Crippen LogP contribution in [0.1, 0.15) is 17.6 Å². The maximum atomic E-state index is 14.6. The first-order valence-electron chi connectivity index (χ1n) is 9.55. The summed E-state index contributed by atoms with van der Waals surface area (Å²) in [5.74, 6) is -4.26. The molecular weight excluding hydrogens is 474 g/mol. The second kappa shape index (κ2) is 9.89. The number of carbonyl (C=O) groups excluding carboxylic acids is 1. The summed E-state index contributed by atoms with van der Waals surface area (Å²) in [6.07, 6.45) is 0.950. The third-order valence-corrected chi connectivity index (χ3v) is 6.13. The number of aryl methyl sites for hydroxylation is 1. The van der Waals surface area contributed by atoms with Crippen LogP contribution < -0.4 is 5.32 Å². The molecular formula is C21H18F2N4O6S. The van der Waals surface area contributed by atoms with Gasteiger partial charge in [-0.2, -0.15) is 5.10 Å². The predicted molar refractivity (Wildman–Crippen MR) is 113 cm³/mol. The van der Waals surface area contributed by atoms with Crippen molar-refractivity contribution in [3.63, 3.8) is 0 Å². The standard InChI is InChI=1S/C21H18F2N4O6S/c1-12-3-5-14(11-25-12)34(31,32)18-10-16(21(24-2)33-20(30)8-7-19(28)29)26-27(18)17-9-13(22)4-6-15(17)23/h3-11,21,24H,1-2H3,(H,28,29)/b8-7+. The normalized spacial score (nSPS) is 12.6. The summed E-state index contributed by atoms with van der Waals surface area (Å²) in [4.78, 5) is 26.2. The third kappa shape index (κ3) is 5.32. The fraction of sp³-hybridized carbons (Fsp3) is 0.143. The number of pyridine rings is 1. The van der Waals surface area contributed by atoms with Crippen LogP contribution in [0, 0.1) is 18.6 Å². The van der Waals surface area contributed by atoms with E-state index in [-0.39, 0.29) is 10.6 Å². The minimum atomic E-state index is -4.35. The Morgan fingerprint density at radius 3 is 2.53 bits per heavy atom. The average Bonchev–Trinajstić information content (AvgIpc) is 3.24. The van der Waals surface area contributed by atoms with Crippen LogP contribution in [0.2, 0.25) is 0 Å². The van der Waals surface area contributed by atoms with Crippen molar-refractivity contribution in [1.29, 1.82) is 0 Å². The first-order valence-corrected chi connectivity index (χ1v) is 11.0. The number of hydrogen-bond donors (Lipinski definition) is 2. The van der Waals surface area contributed by atoms with Crippen molar-refractivity contribution >= 4 is 21.8 Å². The molecule has 34 heavy (non-hydrogen) atoms. The molecule has 3 rings (SSSR count). The Morgan fingerprint density at radius 1 is 1.18 bits per heavy atom. The van der Waals surface area contributed by atoms with Crippen molar-refractivity contribution in [1.82, 2.24) is 20.1 Å². The molecule has 10 nitrogen and oxygen atoms in total. The number of halogens is 2. The van der Waals surface area contributed by atoms with Gasteiger partial charge < -0.3 is 9.84 Å². The van der Waals surface area contributed by atoms with Gasteiger partial charge in [0.1, 0.15) is 23.0 Å². The molecule has 0 amide bonds. The van der Waals surface area contributed by atoms with Gasteiger partial charge in [0, 0.05) is 36.2 Å². The zero-order valence-corrected chi connectivity index (χ0v) is 18.6. The second-order valence-electron chi connectivity index (χ2n) is 6.83. The lowest BCUT2D eigenvalue weighted by atomic mass is 10.3. The highest BCUT2D eigenvalue weighted by atomic mass is 32.2. The number of aromatic nitrogens is 3. The minimum absolute atomic E-state index is 0.179. The lowest BCUT2D eigenvalue weighted by molar-refractivity contribution is -0.145. The number of nitrogens with zero attached hydrogens (tertiary/aromatic N) is 3. The van der Waals surface area contributed by atoms with Gasteiger partial charge in [0.2, 0.25) is 9.84 Å². The van der Waals surface area contributed by atoms with Gasteiger partial charge in [-0.1, -0.05) is 0 Å². The molecule has 0 aliphatic heterocycles. The largest absolute Gasteiger partial charge is 0.478 e. The van der Waals surface area contributed by atoms with E-state index in [1.165, 1.54) is 19.2 Å². The maximum Gasteiger partial charge on any atom is 0.332 e. The fourth-order valence-electron chi connectivity index (χ4n) is 2.82. The molecule has 3 aromatic rings. The Balaban J connectivity index is 2.16. The SMILES string of the molecule is CNC(OC(=O)/C=C/C(=O)O)c1cc(S(=O)(=O)c2ccc(C)nc2)n(-c2cc(F)ccc2F)n1. The van der Waals surface area contributed by atoms with Gasteiger partial charge in [0.25, 0.3) is 0 Å². The second-order valence-corrected chi connectivity index (χ2v) is 8.73. The van der Waals surface area contributed by atoms with E-state index in [1.807, 2.05) is 0 Å². The smallest absolute Gasteiger partial charge is 0.332 e. The number of rotatable bonds is 8. The summed E-state index contributed by atoms with van der Waals surface area (Å²) in [6.45, 7) is 1.66. The molecule has 13 heteroatoms. The molecule has 0 spiro atoms. The zero-order valence-electron chi connectivity index (χ0n) is 17.8. The summed E-state index contributed by atoms with van der Waals surface area (Å²) in [5, 5.41) is 14.7. The number of carboxylic acid groups (broad SMARTS) is 1. The van der Waals surface area contributed by atoms with Crippen LogP contribution in [0.3, 0.4) is 0 Å².